The number of hydrogen-bond donors (Lipinski definition) is 2. The Labute approximate surface area is 156 Å². The molecule has 0 radical (unpaired) electrons. The molecule has 25 heavy (non-hydrogen) atoms. The highest BCUT2D eigenvalue weighted by Gasteiger charge is 2.22. The molecule has 1 amide bonds. The summed E-state index contributed by atoms with van der Waals surface area (Å²) < 4.78 is 5.66. The number of amides is 1. The van der Waals surface area contributed by atoms with Crippen LogP contribution in [-0.2, 0) is 4.79 Å². The van der Waals surface area contributed by atoms with E-state index in [9.17, 15) is 4.79 Å². The van der Waals surface area contributed by atoms with Crippen LogP contribution in [0.4, 0.5) is 5.69 Å². The van der Waals surface area contributed by atoms with E-state index < -0.39 is 0 Å². The molecule has 2 N–H and O–H groups in total. The fourth-order valence-electron chi connectivity index (χ4n) is 3.12. The van der Waals surface area contributed by atoms with Gasteiger partial charge in [0.1, 0.15) is 12.4 Å². The van der Waals surface area contributed by atoms with Crippen LogP contribution in [0.15, 0.2) is 18.2 Å². The summed E-state index contributed by atoms with van der Waals surface area (Å²) in [4.78, 5) is 14.3. The monoisotopic (exact) mass is 367 g/mol. The van der Waals surface area contributed by atoms with Crippen LogP contribution < -0.4 is 15.4 Å². The van der Waals surface area contributed by atoms with Gasteiger partial charge in [0.2, 0.25) is 5.91 Å². The molecule has 1 atom stereocenters. The Hall–Kier alpha value is -1.30. The second-order valence-electron chi connectivity index (χ2n) is 7.11. The highest BCUT2D eigenvalue weighted by Crippen LogP contribution is 2.29. The Morgan fingerprint density at radius 1 is 1.40 bits per heavy atom. The van der Waals surface area contributed by atoms with Crippen molar-refractivity contribution in [2.24, 2.45) is 11.8 Å². The maximum Gasteiger partial charge on any atom is 0.224 e. The summed E-state index contributed by atoms with van der Waals surface area (Å²) in [6, 6.07) is 5.40. The molecule has 1 fully saturated rings. The van der Waals surface area contributed by atoms with Crippen molar-refractivity contribution in [3.63, 3.8) is 0 Å². The fourth-order valence-corrected chi connectivity index (χ4v) is 3.35. The van der Waals surface area contributed by atoms with Gasteiger partial charge in [-0.05, 0) is 70.1 Å². The Balaban J connectivity index is 1.82. The second kappa shape index (κ2) is 10.00. The number of halogens is 1. The molecule has 1 aromatic carbocycles. The number of ether oxygens (including phenoxy) is 1. The van der Waals surface area contributed by atoms with Crippen molar-refractivity contribution in [2.45, 2.75) is 26.2 Å². The van der Waals surface area contributed by atoms with E-state index in [1.54, 1.807) is 6.07 Å². The molecule has 1 aliphatic heterocycles. The maximum atomic E-state index is 12.3. The van der Waals surface area contributed by atoms with Gasteiger partial charge in [-0.15, -0.1) is 0 Å². The number of anilines is 1. The van der Waals surface area contributed by atoms with Gasteiger partial charge in [0.15, 0.2) is 0 Å². The molecule has 0 bridgehead atoms. The molecule has 0 aromatic heterocycles. The van der Waals surface area contributed by atoms with Crippen molar-refractivity contribution in [2.75, 3.05) is 45.7 Å². The van der Waals surface area contributed by atoms with E-state index in [1.165, 1.54) is 0 Å². The van der Waals surface area contributed by atoms with Crippen LogP contribution in [0.5, 0.6) is 5.75 Å². The lowest BCUT2D eigenvalue weighted by Gasteiger charge is -2.27. The average molecular weight is 368 g/mol. The van der Waals surface area contributed by atoms with Crippen LogP contribution in [0.2, 0.25) is 5.02 Å². The summed E-state index contributed by atoms with van der Waals surface area (Å²) in [6.07, 6.45) is 2.85. The zero-order valence-electron chi connectivity index (χ0n) is 15.5. The van der Waals surface area contributed by atoms with Gasteiger partial charge < -0.3 is 20.3 Å². The molecule has 1 heterocycles. The van der Waals surface area contributed by atoms with E-state index in [4.69, 9.17) is 16.3 Å². The third-order valence-electron chi connectivity index (χ3n) is 4.71. The third kappa shape index (κ3) is 6.84. The van der Waals surface area contributed by atoms with Crippen LogP contribution >= 0.6 is 11.6 Å². The molecule has 1 unspecified atom stereocenters. The first kappa shape index (κ1) is 20.0. The number of hydrogen-bond acceptors (Lipinski definition) is 4. The molecule has 0 spiro atoms. The number of likely N-dealkylation sites (N-methyl/N-ethyl adjacent to an activating group) is 1. The van der Waals surface area contributed by atoms with E-state index in [1.807, 2.05) is 31.1 Å². The number of nitrogens with one attached hydrogen (secondary N) is 2. The lowest BCUT2D eigenvalue weighted by atomic mass is 9.84. The largest absolute Gasteiger partial charge is 0.491 e. The van der Waals surface area contributed by atoms with Crippen molar-refractivity contribution in [3.05, 3.63) is 23.2 Å². The van der Waals surface area contributed by atoms with Crippen LogP contribution in [0.25, 0.3) is 0 Å². The molecule has 0 saturated carbocycles. The third-order valence-corrected chi connectivity index (χ3v) is 5.00. The quantitative estimate of drug-likeness (QED) is 0.740. The van der Waals surface area contributed by atoms with Gasteiger partial charge in [0.25, 0.3) is 0 Å². The molecule has 1 aliphatic rings. The SMILES string of the molecule is CC(CC(=O)Nc1ccc(OCCN(C)C)c(Cl)c1)C1CCNCC1. The molecule has 6 heteroatoms. The summed E-state index contributed by atoms with van der Waals surface area (Å²) in [5, 5.41) is 6.83. The first-order valence-corrected chi connectivity index (χ1v) is 9.41. The number of piperidine rings is 1. The molecule has 140 valence electrons. The molecule has 5 nitrogen and oxygen atoms in total. The second-order valence-corrected chi connectivity index (χ2v) is 7.52. The minimum Gasteiger partial charge on any atom is -0.491 e. The van der Waals surface area contributed by atoms with Crippen molar-refractivity contribution in [1.82, 2.24) is 10.2 Å². The summed E-state index contributed by atoms with van der Waals surface area (Å²) >= 11 is 6.26. The van der Waals surface area contributed by atoms with Gasteiger partial charge in [0.05, 0.1) is 5.02 Å². The minimum atomic E-state index is 0.0448. The van der Waals surface area contributed by atoms with E-state index in [0.717, 1.165) is 32.5 Å². The average Bonchev–Trinajstić information content (AvgIpc) is 2.57. The number of carbonyl (C=O) groups is 1. The van der Waals surface area contributed by atoms with Crippen LogP contribution in [0.1, 0.15) is 26.2 Å². The molecule has 1 aromatic rings. The van der Waals surface area contributed by atoms with Gasteiger partial charge in [-0.25, -0.2) is 0 Å². The van der Waals surface area contributed by atoms with E-state index in [-0.39, 0.29) is 5.91 Å². The van der Waals surface area contributed by atoms with Gasteiger partial charge in [-0.1, -0.05) is 18.5 Å². The topological polar surface area (TPSA) is 53.6 Å². The molecule has 2 rings (SSSR count). The van der Waals surface area contributed by atoms with Crippen molar-refractivity contribution < 1.29 is 9.53 Å². The van der Waals surface area contributed by atoms with Crippen molar-refractivity contribution in [1.29, 1.82) is 0 Å². The van der Waals surface area contributed by atoms with Crippen molar-refractivity contribution >= 4 is 23.2 Å². The zero-order chi connectivity index (χ0) is 18.2. The number of carbonyl (C=O) groups excluding carboxylic acids is 1. The summed E-state index contributed by atoms with van der Waals surface area (Å²) in [7, 11) is 3.99. The minimum absolute atomic E-state index is 0.0448. The van der Waals surface area contributed by atoms with E-state index in [0.29, 0.717) is 41.3 Å². The molecule has 0 aliphatic carbocycles. The van der Waals surface area contributed by atoms with Gasteiger partial charge >= 0.3 is 0 Å². The smallest absolute Gasteiger partial charge is 0.224 e. The number of benzene rings is 1. The van der Waals surface area contributed by atoms with Gasteiger partial charge in [-0.3, -0.25) is 4.79 Å². The molecular formula is C19H30ClN3O2. The lowest BCUT2D eigenvalue weighted by molar-refractivity contribution is -0.117. The maximum absolute atomic E-state index is 12.3. The predicted molar refractivity (Wildman–Crippen MR) is 104 cm³/mol. The Kier molecular flexibility index (Phi) is 8.00. The predicted octanol–water partition coefficient (Wildman–Crippen LogP) is 3.24. The summed E-state index contributed by atoms with van der Waals surface area (Å²) in [5.74, 6) is 1.71. The van der Waals surface area contributed by atoms with Gasteiger partial charge in [-0.2, -0.15) is 0 Å². The zero-order valence-corrected chi connectivity index (χ0v) is 16.2. The standard InChI is InChI=1S/C19H30ClN3O2/c1-14(15-6-8-21-9-7-15)12-19(24)22-16-4-5-18(17(20)13-16)25-11-10-23(2)3/h4-5,13-15,21H,6-12H2,1-3H3,(H,22,24). The van der Waals surface area contributed by atoms with Crippen LogP contribution in [-0.4, -0.2) is 51.1 Å². The number of nitrogens with zero attached hydrogens (tertiary/aromatic N) is 1. The van der Waals surface area contributed by atoms with Crippen LogP contribution in [0, 0.1) is 11.8 Å². The van der Waals surface area contributed by atoms with E-state index in [2.05, 4.69) is 17.6 Å². The lowest BCUT2D eigenvalue weighted by Crippen LogP contribution is -2.32. The Bertz CT molecular complexity index is 560. The Morgan fingerprint density at radius 2 is 2.12 bits per heavy atom. The summed E-state index contributed by atoms with van der Waals surface area (Å²) in [6.45, 7) is 5.68. The number of rotatable bonds is 8. The molecular weight excluding hydrogens is 338 g/mol. The first-order valence-electron chi connectivity index (χ1n) is 9.03. The van der Waals surface area contributed by atoms with Crippen molar-refractivity contribution in [3.8, 4) is 5.75 Å². The van der Waals surface area contributed by atoms with Gasteiger partial charge in [0, 0.05) is 18.7 Å². The Morgan fingerprint density at radius 3 is 2.76 bits per heavy atom. The fraction of sp³-hybridized carbons (Fsp3) is 0.632. The molecule has 1 saturated heterocycles. The van der Waals surface area contributed by atoms with E-state index >= 15 is 0 Å². The summed E-state index contributed by atoms with van der Waals surface area (Å²) in [5.41, 5.74) is 0.715. The highest BCUT2D eigenvalue weighted by molar-refractivity contribution is 6.32. The normalized spacial score (nSPS) is 16.7. The van der Waals surface area contributed by atoms with Crippen LogP contribution in [0.3, 0.4) is 0 Å². The first-order chi connectivity index (χ1) is 12.0. The highest BCUT2D eigenvalue weighted by atomic mass is 35.5.